The van der Waals surface area contributed by atoms with E-state index >= 15 is 0 Å². The molecule has 24 heavy (non-hydrogen) atoms. The Balaban J connectivity index is 1.36. The van der Waals surface area contributed by atoms with Gasteiger partial charge >= 0.3 is 0 Å². The third kappa shape index (κ3) is 4.70. The highest BCUT2D eigenvalue weighted by Gasteiger charge is 2.42. The van der Waals surface area contributed by atoms with E-state index < -0.39 is 24.9 Å². The molecule has 134 valence electrons. The molecule has 1 aromatic heterocycles. The number of piperidine rings is 1. The number of nitrogens with one attached hydrogen (secondary N) is 2. The van der Waals surface area contributed by atoms with Crippen LogP contribution in [0.1, 0.15) is 30.0 Å². The molecule has 2 fully saturated rings. The first-order valence-corrected chi connectivity index (χ1v) is 9.31. The molecule has 1 amide bonds. The summed E-state index contributed by atoms with van der Waals surface area (Å²) in [6.07, 6.45) is 1.62. The van der Waals surface area contributed by atoms with Gasteiger partial charge in [-0.1, -0.05) is 0 Å². The maximum atomic E-state index is 13.1. The first-order chi connectivity index (χ1) is 11.4. The monoisotopic (exact) mass is 358 g/mol. The number of amides is 1. The summed E-state index contributed by atoms with van der Waals surface area (Å²) < 4.78 is 26.2. The van der Waals surface area contributed by atoms with Crippen molar-refractivity contribution in [1.82, 2.24) is 20.5 Å². The van der Waals surface area contributed by atoms with Crippen LogP contribution in [0.15, 0.2) is 5.38 Å². The predicted molar refractivity (Wildman–Crippen MR) is 89.2 cm³/mol. The van der Waals surface area contributed by atoms with Gasteiger partial charge in [-0.05, 0) is 38.8 Å². The summed E-state index contributed by atoms with van der Waals surface area (Å²) in [6.45, 7) is 5.03. The molecule has 0 aliphatic carbocycles. The highest BCUT2D eigenvalue weighted by atomic mass is 32.1. The van der Waals surface area contributed by atoms with Crippen LogP contribution in [0.3, 0.4) is 0 Å². The molecule has 2 saturated heterocycles. The van der Waals surface area contributed by atoms with Gasteiger partial charge in [-0.2, -0.15) is 0 Å². The van der Waals surface area contributed by atoms with Crippen molar-refractivity contribution in [1.29, 1.82) is 0 Å². The summed E-state index contributed by atoms with van der Waals surface area (Å²) in [5.41, 5.74) is 1.12. The Morgan fingerprint density at radius 2 is 2.25 bits per heavy atom. The quantitative estimate of drug-likeness (QED) is 0.842. The van der Waals surface area contributed by atoms with E-state index in [1.165, 1.54) is 0 Å². The van der Waals surface area contributed by atoms with Crippen molar-refractivity contribution in [3.05, 3.63) is 16.1 Å². The zero-order chi connectivity index (χ0) is 17.2. The van der Waals surface area contributed by atoms with Crippen LogP contribution >= 0.6 is 11.3 Å². The molecule has 2 aliphatic rings. The van der Waals surface area contributed by atoms with Crippen molar-refractivity contribution < 1.29 is 13.6 Å². The number of rotatable bonds is 5. The Morgan fingerprint density at radius 1 is 1.50 bits per heavy atom. The van der Waals surface area contributed by atoms with Gasteiger partial charge in [0.2, 0.25) is 5.91 Å². The summed E-state index contributed by atoms with van der Waals surface area (Å²) in [6, 6.07) is -0.756. The van der Waals surface area contributed by atoms with Gasteiger partial charge in [0.05, 0.1) is 23.3 Å². The van der Waals surface area contributed by atoms with E-state index in [0.29, 0.717) is 12.5 Å². The van der Waals surface area contributed by atoms with Gasteiger partial charge in [-0.15, -0.1) is 11.3 Å². The minimum absolute atomic E-state index is 0.299. The van der Waals surface area contributed by atoms with E-state index in [9.17, 15) is 13.6 Å². The van der Waals surface area contributed by atoms with Crippen LogP contribution in [0.5, 0.6) is 0 Å². The number of hydrogen-bond donors (Lipinski definition) is 2. The Hall–Kier alpha value is -1.12. The summed E-state index contributed by atoms with van der Waals surface area (Å²) in [5.74, 6) is -2.64. The smallest absolute Gasteiger partial charge is 0.262 e. The van der Waals surface area contributed by atoms with Crippen LogP contribution in [0, 0.1) is 12.8 Å². The number of carbonyl (C=O) groups excluding carboxylic acids is 1. The summed E-state index contributed by atoms with van der Waals surface area (Å²) in [4.78, 5) is 18.8. The standard InChI is InChI=1S/C16H24F2N4OS/c1-11-21-13(9-24-11)8-22-4-2-12(3-5-22)7-19-15(23)14-6-16(17,18)10-20-14/h9,12,14,20H,2-8,10H2,1H3,(H,19,23). The maximum absolute atomic E-state index is 13.1. The van der Waals surface area contributed by atoms with E-state index in [0.717, 1.165) is 43.2 Å². The lowest BCUT2D eigenvalue weighted by Crippen LogP contribution is -2.44. The first-order valence-electron chi connectivity index (χ1n) is 8.43. The van der Waals surface area contributed by atoms with Crippen LogP contribution in [0.25, 0.3) is 0 Å². The number of thiazole rings is 1. The van der Waals surface area contributed by atoms with Crippen LogP contribution in [-0.4, -0.2) is 53.9 Å². The van der Waals surface area contributed by atoms with Crippen LogP contribution in [-0.2, 0) is 11.3 Å². The lowest BCUT2D eigenvalue weighted by Gasteiger charge is -2.31. The van der Waals surface area contributed by atoms with Crippen LogP contribution in [0.4, 0.5) is 8.78 Å². The number of carbonyl (C=O) groups is 1. The van der Waals surface area contributed by atoms with E-state index in [2.05, 4.69) is 25.9 Å². The number of nitrogens with zero attached hydrogens (tertiary/aromatic N) is 2. The zero-order valence-corrected chi connectivity index (χ0v) is 14.7. The number of aromatic nitrogens is 1. The molecular weight excluding hydrogens is 334 g/mol. The van der Waals surface area contributed by atoms with Crippen LogP contribution in [0.2, 0.25) is 0 Å². The second-order valence-corrected chi connectivity index (χ2v) is 7.88. The number of aryl methyl sites for hydroxylation is 1. The average Bonchev–Trinajstić information content (AvgIpc) is 3.11. The molecule has 5 nitrogen and oxygen atoms in total. The van der Waals surface area contributed by atoms with Gasteiger partial charge in [-0.3, -0.25) is 15.0 Å². The third-order valence-corrected chi connectivity index (χ3v) is 5.57. The summed E-state index contributed by atoms with van der Waals surface area (Å²) in [7, 11) is 0. The lowest BCUT2D eigenvalue weighted by atomic mass is 9.96. The Bertz CT molecular complexity index is 572. The van der Waals surface area contributed by atoms with Gasteiger partial charge in [0, 0.05) is 24.9 Å². The van der Waals surface area contributed by atoms with Gasteiger partial charge in [0.1, 0.15) is 0 Å². The van der Waals surface area contributed by atoms with Gasteiger partial charge < -0.3 is 5.32 Å². The third-order valence-electron chi connectivity index (χ3n) is 4.75. The molecule has 1 aromatic rings. The molecule has 0 radical (unpaired) electrons. The molecule has 0 saturated carbocycles. The number of halogens is 2. The largest absolute Gasteiger partial charge is 0.354 e. The van der Waals surface area contributed by atoms with Crippen LogP contribution < -0.4 is 10.6 Å². The molecule has 0 spiro atoms. The minimum atomic E-state index is -2.76. The molecule has 3 heterocycles. The van der Waals surface area contributed by atoms with E-state index in [1.54, 1.807) is 11.3 Å². The molecule has 0 bridgehead atoms. The van der Waals surface area contributed by atoms with Gasteiger partial charge in [-0.25, -0.2) is 13.8 Å². The van der Waals surface area contributed by atoms with E-state index in [4.69, 9.17) is 0 Å². The summed E-state index contributed by atoms with van der Waals surface area (Å²) >= 11 is 1.67. The lowest BCUT2D eigenvalue weighted by molar-refractivity contribution is -0.123. The summed E-state index contributed by atoms with van der Waals surface area (Å²) in [5, 5.41) is 8.63. The molecule has 0 aromatic carbocycles. The molecule has 2 N–H and O–H groups in total. The highest BCUT2D eigenvalue weighted by molar-refractivity contribution is 7.09. The second-order valence-electron chi connectivity index (χ2n) is 6.82. The second kappa shape index (κ2) is 7.41. The average molecular weight is 358 g/mol. The van der Waals surface area contributed by atoms with Gasteiger partial charge in [0.25, 0.3) is 5.92 Å². The Labute approximate surface area is 144 Å². The number of alkyl halides is 2. The Morgan fingerprint density at radius 3 is 2.83 bits per heavy atom. The van der Waals surface area contributed by atoms with Crippen molar-refractivity contribution >= 4 is 17.2 Å². The first kappa shape index (κ1) is 17.7. The zero-order valence-electron chi connectivity index (χ0n) is 13.9. The molecule has 2 aliphatic heterocycles. The molecule has 1 atom stereocenters. The van der Waals surface area contributed by atoms with Gasteiger partial charge in [0.15, 0.2) is 0 Å². The van der Waals surface area contributed by atoms with E-state index in [1.807, 2.05) is 6.92 Å². The van der Waals surface area contributed by atoms with Crippen molar-refractivity contribution in [2.45, 2.75) is 44.7 Å². The number of hydrogen-bond acceptors (Lipinski definition) is 5. The fourth-order valence-electron chi connectivity index (χ4n) is 3.33. The van der Waals surface area contributed by atoms with Crippen molar-refractivity contribution in [3.63, 3.8) is 0 Å². The fraction of sp³-hybridized carbons (Fsp3) is 0.750. The van der Waals surface area contributed by atoms with Crippen molar-refractivity contribution in [2.75, 3.05) is 26.2 Å². The van der Waals surface area contributed by atoms with Crippen molar-refractivity contribution in [3.8, 4) is 0 Å². The SMILES string of the molecule is Cc1nc(CN2CCC(CNC(=O)C3CC(F)(F)CN3)CC2)cs1. The minimum Gasteiger partial charge on any atom is -0.354 e. The topological polar surface area (TPSA) is 57.3 Å². The number of likely N-dealkylation sites (tertiary alicyclic amines) is 1. The van der Waals surface area contributed by atoms with E-state index in [-0.39, 0.29) is 5.91 Å². The maximum Gasteiger partial charge on any atom is 0.262 e. The predicted octanol–water partition coefficient (Wildman–Crippen LogP) is 1.78. The molecule has 1 unspecified atom stereocenters. The molecule has 3 rings (SSSR count). The molecular formula is C16H24F2N4OS. The Kier molecular flexibility index (Phi) is 5.46. The normalized spacial score (nSPS) is 25.0. The fourth-order valence-corrected chi connectivity index (χ4v) is 3.93. The highest BCUT2D eigenvalue weighted by Crippen LogP contribution is 2.25. The molecule has 8 heteroatoms. The van der Waals surface area contributed by atoms with Crippen molar-refractivity contribution in [2.24, 2.45) is 5.92 Å².